The van der Waals surface area contributed by atoms with E-state index in [1.807, 2.05) is 43.3 Å². The van der Waals surface area contributed by atoms with E-state index < -0.39 is 5.79 Å². The Morgan fingerprint density at radius 3 is 2.60 bits per heavy atom. The van der Waals surface area contributed by atoms with Crippen molar-refractivity contribution in [2.75, 3.05) is 14.2 Å². The summed E-state index contributed by atoms with van der Waals surface area (Å²) in [6.07, 6.45) is 3.82. The monoisotopic (exact) mass is 288 g/mol. The summed E-state index contributed by atoms with van der Waals surface area (Å²) in [6, 6.07) is 7.71. The van der Waals surface area contributed by atoms with E-state index >= 15 is 0 Å². The molecule has 0 saturated heterocycles. The molecule has 0 saturated carbocycles. The molecule has 20 heavy (non-hydrogen) atoms. The first-order valence-electron chi connectivity index (χ1n) is 6.48. The molecule has 1 aliphatic rings. The molecule has 0 aliphatic heterocycles. The van der Waals surface area contributed by atoms with Crippen molar-refractivity contribution in [1.82, 2.24) is 0 Å². The summed E-state index contributed by atoms with van der Waals surface area (Å²) >= 11 is 1.63. The second-order valence-corrected chi connectivity index (χ2v) is 5.97. The standard InChI is InChI=1S/C16H16O3S/c1-10-14-13(8-9-16(10,18-2)19-3)20-12-7-5-4-6-11(12)15(14)17/h4-10H,1-3H3. The summed E-state index contributed by atoms with van der Waals surface area (Å²) in [5.41, 5.74) is 0.851. The average Bonchev–Trinajstić information content (AvgIpc) is 2.48. The zero-order chi connectivity index (χ0) is 14.3. The molecule has 1 atom stereocenters. The predicted molar refractivity (Wildman–Crippen MR) is 82.3 cm³/mol. The van der Waals surface area contributed by atoms with Gasteiger partial charge in [-0.25, -0.2) is 0 Å². The minimum atomic E-state index is -0.860. The maximum Gasteiger partial charge on any atom is 0.194 e. The predicted octanol–water partition coefficient (Wildman–Crippen LogP) is 3.38. The van der Waals surface area contributed by atoms with Crippen molar-refractivity contribution in [3.63, 3.8) is 0 Å². The molecule has 4 heteroatoms. The summed E-state index contributed by atoms with van der Waals surface area (Å²) in [5.74, 6) is -1.01. The maximum atomic E-state index is 12.8. The molecule has 0 radical (unpaired) electrons. The van der Waals surface area contributed by atoms with Crippen LogP contribution in [0.2, 0.25) is 0 Å². The highest BCUT2D eigenvalue weighted by atomic mass is 32.1. The van der Waals surface area contributed by atoms with Crippen molar-refractivity contribution in [3.8, 4) is 0 Å². The van der Waals surface area contributed by atoms with Crippen LogP contribution in [-0.4, -0.2) is 20.0 Å². The van der Waals surface area contributed by atoms with Gasteiger partial charge in [0.15, 0.2) is 11.2 Å². The lowest BCUT2D eigenvalue weighted by Crippen LogP contribution is -2.41. The average molecular weight is 288 g/mol. The van der Waals surface area contributed by atoms with Crippen molar-refractivity contribution in [2.45, 2.75) is 18.6 Å². The second kappa shape index (κ2) is 4.81. The Balaban J connectivity index is 2.32. The summed E-state index contributed by atoms with van der Waals surface area (Å²) in [4.78, 5) is 13.8. The normalized spacial score (nSPS) is 20.1. The number of hydrogen-bond donors (Lipinski definition) is 0. The van der Waals surface area contributed by atoms with E-state index in [-0.39, 0.29) is 11.3 Å². The van der Waals surface area contributed by atoms with Crippen LogP contribution in [0.25, 0.3) is 16.2 Å². The first-order valence-corrected chi connectivity index (χ1v) is 7.30. The van der Waals surface area contributed by atoms with Gasteiger partial charge in [0.2, 0.25) is 0 Å². The van der Waals surface area contributed by atoms with Gasteiger partial charge in [0.25, 0.3) is 0 Å². The molecule has 0 spiro atoms. The number of methoxy groups -OCH3 is 2. The summed E-state index contributed by atoms with van der Waals surface area (Å²) in [7, 11) is 3.20. The highest BCUT2D eigenvalue weighted by Gasteiger charge is 2.40. The van der Waals surface area contributed by atoms with E-state index in [1.54, 1.807) is 25.6 Å². The molecule has 0 fully saturated rings. The topological polar surface area (TPSA) is 35.5 Å². The number of rotatable bonds is 2. The van der Waals surface area contributed by atoms with Crippen LogP contribution in [0.15, 0.2) is 35.1 Å². The highest BCUT2D eigenvalue weighted by molar-refractivity contribution is 7.19. The van der Waals surface area contributed by atoms with Gasteiger partial charge in [0, 0.05) is 40.7 Å². The van der Waals surface area contributed by atoms with Gasteiger partial charge in [-0.1, -0.05) is 19.1 Å². The van der Waals surface area contributed by atoms with Crippen molar-refractivity contribution in [2.24, 2.45) is 0 Å². The molecule has 3 rings (SSSR count). The Hall–Kier alpha value is -1.49. The fourth-order valence-electron chi connectivity index (χ4n) is 2.82. The number of hydrogen-bond acceptors (Lipinski definition) is 4. The number of benzene rings is 1. The van der Waals surface area contributed by atoms with Crippen LogP contribution in [0.1, 0.15) is 23.3 Å². The summed E-state index contributed by atoms with van der Waals surface area (Å²) in [5, 5.41) is 0.763. The van der Waals surface area contributed by atoms with Crippen molar-refractivity contribution < 1.29 is 9.47 Å². The largest absolute Gasteiger partial charge is 0.349 e. The third-order valence-corrected chi connectivity index (χ3v) is 5.16. The second-order valence-electron chi connectivity index (χ2n) is 4.89. The van der Waals surface area contributed by atoms with Crippen LogP contribution in [0.4, 0.5) is 0 Å². The van der Waals surface area contributed by atoms with E-state index in [4.69, 9.17) is 9.47 Å². The molecule has 1 aromatic heterocycles. The smallest absolute Gasteiger partial charge is 0.194 e. The first kappa shape index (κ1) is 13.5. The van der Waals surface area contributed by atoms with E-state index in [2.05, 4.69) is 0 Å². The Bertz CT molecular complexity index is 741. The highest BCUT2D eigenvalue weighted by Crippen LogP contribution is 2.40. The van der Waals surface area contributed by atoms with Crippen LogP contribution in [0, 0.1) is 0 Å². The van der Waals surface area contributed by atoms with Crippen molar-refractivity contribution >= 4 is 27.5 Å². The van der Waals surface area contributed by atoms with E-state index in [9.17, 15) is 4.79 Å². The molecule has 1 unspecified atom stereocenters. The van der Waals surface area contributed by atoms with Gasteiger partial charge in [-0.15, -0.1) is 11.3 Å². The van der Waals surface area contributed by atoms with Crippen LogP contribution < -0.4 is 5.43 Å². The molecule has 0 bridgehead atoms. The maximum absolute atomic E-state index is 12.8. The molecule has 0 amide bonds. The van der Waals surface area contributed by atoms with Gasteiger partial charge in [0.1, 0.15) is 0 Å². The van der Waals surface area contributed by atoms with Gasteiger partial charge in [0.05, 0.1) is 0 Å². The molecular formula is C16H16O3S. The molecule has 3 nitrogen and oxygen atoms in total. The quantitative estimate of drug-likeness (QED) is 0.795. The van der Waals surface area contributed by atoms with Gasteiger partial charge in [-0.3, -0.25) is 4.79 Å². The lowest BCUT2D eigenvalue weighted by atomic mass is 9.86. The van der Waals surface area contributed by atoms with E-state index in [0.717, 1.165) is 20.5 Å². The fourth-order valence-corrected chi connectivity index (χ4v) is 3.99. The molecule has 1 aromatic carbocycles. The summed E-state index contributed by atoms with van der Waals surface area (Å²) in [6.45, 7) is 1.97. The first-order chi connectivity index (χ1) is 9.63. The lowest BCUT2D eigenvalue weighted by Gasteiger charge is -2.36. The number of fused-ring (bicyclic) bond motifs is 2. The third-order valence-electron chi connectivity index (χ3n) is 4.00. The third kappa shape index (κ3) is 1.76. The van der Waals surface area contributed by atoms with Crippen LogP contribution in [0.3, 0.4) is 0 Å². The zero-order valence-corrected chi connectivity index (χ0v) is 12.5. The molecule has 0 N–H and O–H groups in total. The van der Waals surface area contributed by atoms with Crippen LogP contribution >= 0.6 is 11.3 Å². The Morgan fingerprint density at radius 2 is 1.90 bits per heavy atom. The SMILES string of the molecule is COC1(OC)C=Cc2sc3ccccc3c(=O)c2C1C. The van der Waals surface area contributed by atoms with E-state index in [1.165, 1.54) is 0 Å². The van der Waals surface area contributed by atoms with Gasteiger partial charge < -0.3 is 9.47 Å². The van der Waals surface area contributed by atoms with Crippen molar-refractivity contribution in [3.05, 3.63) is 51.0 Å². The molecule has 1 aliphatic carbocycles. The lowest BCUT2D eigenvalue weighted by molar-refractivity contribution is -0.183. The minimum absolute atomic E-state index is 0.0738. The van der Waals surface area contributed by atoms with Crippen LogP contribution in [0.5, 0.6) is 0 Å². The van der Waals surface area contributed by atoms with Crippen molar-refractivity contribution in [1.29, 1.82) is 0 Å². The van der Waals surface area contributed by atoms with Gasteiger partial charge >= 0.3 is 0 Å². The summed E-state index contributed by atoms with van der Waals surface area (Å²) < 4.78 is 12.1. The molecule has 2 aromatic rings. The molecule has 104 valence electrons. The molecular weight excluding hydrogens is 272 g/mol. The van der Waals surface area contributed by atoms with Gasteiger partial charge in [-0.05, 0) is 24.3 Å². The van der Waals surface area contributed by atoms with Crippen LogP contribution in [-0.2, 0) is 9.47 Å². The Kier molecular flexibility index (Phi) is 3.24. The van der Waals surface area contributed by atoms with Gasteiger partial charge in [-0.2, -0.15) is 0 Å². The fraction of sp³-hybridized carbons (Fsp3) is 0.312. The Labute approximate surface area is 121 Å². The minimum Gasteiger partial charge on any atom is -0.349 e. The number of ether oxygens (including phenoxy) is 2. The Morgan fingerprint density at radius 1 is 1.20 bits per heavy atom. The zero-order valence-electron chi connectivity index (χ0n) is 11.7. The molecule has 1 heterocycles. The van der Waals surface area contributed by atoms with E-state index in [0.29, 0.717) is 0 Å².